The number of hydrogen-bond acceptors (Lipinski definition) is 3. The number of rotatable bonds is 2. The Labute approximate surface area is 75.4 Å². The van der Waals surface area contributed by atoms with Crippen LogP contribution in [0, 0.1) is 0 Å². The van der Waals surface area contributed by atoms with E-state index in [2.05, 4.69) is 4.98 Å². The molecule has 0 spiro atoms. The van der Waals surface area contributed by atoms with Crippen LogP contribution >= 0.6 is 0 Å². The van der Waals surface area contributed by atoms with Gasteiger partial charge in [0.2, 0.25) is 0 Å². The fraction of sp³-hybridized carbons (Fsp3) is 0.200. The molecular weight excluding hydrogens is 166 g/mol. The Kier molecular flexibility index (Phi) is 1.85. The monoisotopic (exact) mass is 175 g/mol. The Balaban J connectivity index is 2.55. The standard InChI is InChI=1S/C10H9NO2/c1-7(6-12)10-5-8-9(13-10)3-2-4-11-8/h2-7H,1H3. The number of carbonyl (C=O) groups excluding carboxylic acids is 1. The maximum Gasteiger partial charge on any atom is 0.152 e. The lowest BCUT2D eigenvalue weighted by Crippen LogP contribution is -1.90. The molecule has 2 rings (SSSR count). The van der Waals surface area contributed by atoms with E-state index in [1.165, 1.54) is 0 Å². The Hall–Kier alpha value is -1.64. The summed E-state index contributed by atoms with van der Waals surface area (Å²) in [6.07, 6.45) is 2.56. The largest absolute Gasteiger partial charge is 0.459 e. The second kappa shape index (κ2) is 3.01. The summed E-state index contributed by atoms with van der Waals surface area (Å²) in [5.41, 5.74) is 1.53. The van der Waals surface area contributed by atoms with Crippen LogP contribution in [0.3, 0.4) is 0 Å². The highest BCUT2D eigenvalue weighted by atomic mass is 16.3. The maximum atomic E-state index is 10.5. The zero-order valence-electron chi connectivity index (χ0n) is 7.23. The van der Waals surface area contributed by atoms with E-state index in [1.807, 2.05) is 6.07 Å². The van der Waals surface area contributed by atoms with Gasteiger partial charge in [-0.15, -0.1) is 0 Å². The summed E-state index contributed by atoms with van der Waals surface area (Å²) >= 11 is 0. The van der Waals surface area contributed by atoms with Crippen LogP contribution in [0.25, 0.3) is 11.1 Å². The van der Waals surface area contributed by atoms with E-state index < -0.39 is 0 Å². The molecule has 66 valence electrons. The third-order valence-corrected chi connectivity index (χ3v) is 1.96. The minimum atomic E-state index is -0.200. The van der Waals surface area contributed by atoms with Crippen LogP contribution in [0.2, 0.25) is 0 Å². The summed E-state index contributed by atoms with van der Waals surface area (Å²) in [6.45, 7) is 1.80. The predicted molar refractivity (Wildman–Crippen MR) is 48.5 cm³/mol. The smallest absolute Gasteiger partial charge is 0.152 e. The molecular formula is C10H9NO2. The van der Waals surface area contributed by atoms with Gasteiger partial charge in [-0.3, -0.25) is 4.98 Å². The quantitative estimate of drug-likeness (QED) is 0.656. The van der Waals surface area contributed by atoms with Crippen LogP contribution in [-0.2, 0) is 4.79 Å². The summed E-state index contributed by atoms with van der Waals surface area (Å²) in [7, 11) is 0. The van der Waals surface area contributed by atoms with E-state index in [1.54, 1.807) is 25.3 Å². The van der Waals surface area contributed by atoms with E-state index in [9.17, 15) is 4.79 Å². The molecule has 0 radical (unpaired) electrons. The molecule has 0 bridgehead atoms. The van der Waals surface area contributed by atoms with Crippen molar-refractivity contribution < 1.29 is 9.21 Å². The van der Waals surface area contributed by atoms with Gasteiger partial charge in [0.25, 0.3) is 0 Å². The van der Waals surface area contributed by atoms with Gasteiger partial charge < -0.3 is 9.21 Å². The molecule has 1 atom stereocenters. The number of aromatic nitrogens is 1. The van der Waals surface area contributed by atoms with Gasteiger partial charge >= 0.3 is 0 Å². The highest BCUT2D eigenvalue weighted by molar-refractivity contribution is 5.74. The molecule has 0 saturated carbocycles. The van der Waals surface area contributed by atoms with Gasteiger partial charge in [0.15, 0.2) is 5.58 Å². The third-order valence-electron chi connectivity index (χ3n) is 1.96. The third kappa shape index (κ3) is 1.33. The molecule has 0 N–H and O–H groups in total. The van der Waals surface area contributed by atoms with Gasteiger partial charge in [-0.1, -0.05) is 0 Å². The first kappa shape index (κ1) is 7.98. The minimum absolute atomic E-state index is 0.200. The van der Waals surface area contributed by atoms with Crippen molar-refractivity contribution in [2.75, 3.05) is 0 Å². The summed E-state index contributed by atoms with van der Waals surface area (Å²) in [6, 6.07) is 5.44. The SMILES string of the molecule is CC(C=O)c1cc2ncccc2o1. The number of nitrogens with zero attached hydrogens (tertiary/aromatic N) is 1. The molecule has 0 aliphatic heterocycles. The average Bonchev–Trinajstić information content (AvgIpc) is 2.59. The second-order valence-corrected chi connectivity index (χ2v) is 2.96. The first-order valence-corrected chi connectivity index (χ1v) is 4.11. The zero-order chi connectivity index (χ0) is 9.26. The average molecular weight is 175 g/mol. The number of pyridine rings is 1. The van der Waals surface area contributed by atoms with Gasteiger partial charge in [-0.05, 0) is 19.1 Å². The van der Waals surface area contributed by atoms with Crippen molar-refractivity contribution in [3.05, 3.63) is 30.2 Å². The lowest BCUT2D eigenvalue weighted by Gasteiger charge is -1.94. The topological polar surface area (TPSA) is 43.1 Å². The van der Waals surface area contributed by atoms with Gasteiger partial charge in [0, 0.05) is 12.3 Å². The number of furan rings is 1. The molecule has 0 fully saturated rings. The van der Waals surface area contributed by atoms with Crippen molar-refractivity contribution in [2.45, 2.75) is 12.8 Å². The van der Waals surface area contributed by atoms with Gasteiger partial charge in [-0.2, -0.15) is 0 Å². The first-order valence-electron chi connectivity index (χ1n) is 4.11. The van der Waals surface area contributed by atoms with E-state index >= 15 is 0 Å². The predicted octanol–water partition coefficient (Wildman–Crippen LogP) is 2.13. The van der Waals surface area contributed by atoms with Crippen LogP contribution in [0.1, 0.15) is 18.6 Å². The molecule has 0 saturated heterocycles. The van der Waals surface area contributed by atoms with Crippen molar-refractivity contribution in [1.29, 1.82) is 0 Å². The van der Waals surface area contributed by atoms with Crippen molar-refractivity contribution in [1.82, 2.24) is 4.98 Å². The van der Waals surface area contributed by atoms with Gasteiger partial charge in [0.05, 0.1) is 5.92 Å². The van der Waals surface area contributed by atoms with E-state index in [-0.39, 0.29) is 5.92 Å². The Morgan fingerprint density at radius 2 is 2.46 bits per heavy atom. The van der Waals surface area contributed by atoms with E-state index in [0.717, 1.165) is 17.4 Å². The molecule has 0 aliphatic carbocycles. The lowest BCUT2D eigenvalue weighted by atomic mass is 10.1. The van der Waals surface area contributed by atoms with Crippen molar-refractivity contribution in [2.24, 2.45) is 0 Å². The summed E-state index contributed by atoms with van der Waals surface area (Å²) in [4.78, 5) is 14.6. The number of hydrogen-bond donors (Lipinski definition) is 0. The number of aldehydes is 1. The van der Waals surface area contributed by atoms with Crippen molar-refractivity contribution in [3.8, 4) is 0 Å². The fourth-order valence-electron chi connectivity index (χ4n) is 1.18. The molecule has 0 aliphatic rings. The Morgan fingerprint density at radius 3 is 3.15 bits per heavy atom. The highest BCUT2D eigenvalue weighted by Crippen LogP contribution is 2.21. The second-order valence-electron chi connectivity index (χ2n) is 2.96. The molecule has 2 aromatic heterocycles. The fourth-order valence-corrected chi connectivity index (χ4v) is 1.18. The Morgan fingerprint density at radius 1 is 1.62 bits per heavy atom. The molecule has 2 aromatic rings. The molecule has 1 unspecified atom stereocenters. The molecule has 0 amide bonds. The van der Waals surface area contributed by atoms with Crippen molar-refractivity contribution >= 4 is 17.4 Å². The maximum absolute atomic E-state index is 10.5. The molecule has 3 heteroatoms. The van der Waals surface area contributed by atoms with Crippen LogP contribution in [0.4, 0.5) is 0 Å². The summed E-state index contributed by atoms with van der Waals surface area (Å²) in [5.74, 6) is 0.470. The zero-order valence-corrected chi connectivity index (χ0v) is 7.23. The molecule has 0 aromatic carbocycles. The van der Waals surface area contributed by atoms with Crippen LogP contribution in [0.5, 0.6) is 0 Å². The molecule has 2 heterocycles. The summed E-state index contributed by atoms with van der Waals surface area (Å²) in [5, 5.41) is 0. The minimum Gasteiger partial charge on any atom is -0.459 e. The van der Waals surface area contributed by atoms with Crippen LogP contribution < -0.4 is 0 Å². The molecule has 13 heavy (non-hydrogen) atoms. The summed E-state index contributed by atoms with van der Waals surface area (Å²) < 4.78 is 5.43. The first-order chi connectivity index (χ1) is 6.31. The van der Waals surface area contributed by atoms with E-state index in [0.29, 0.717) is 5.76 Å². The highest BCUT2D eigenvalue weighted by Gasteiger charge is 2.10. The number of fused-ring (bicyclic) bond motifs is 1. The van der Waals surface area contributed by atoms with Crippen molar-refractivity contribution in [3.63, 3.8) is 0 Å². The normalized spacial score (nSPS) is 13.0. The van der Waals surface area contributed by atoms with Crippen LogP contribution in [-0.4, -0.2) is 11.3 Å². The lowest BCUT2D eigenvalue weighted by molar-refractivity contribution is -0.109. The van der Waals surface area contributed by atoms with Gasteiger partial charge in [-0.25, -0.2) is 0 Å². The molecule has 3 nitrogen and oxygen atoms in total. The Bertz CT molecular complexity index is 400. The van der Waals surface area contributed by atoms with Gasteiger partial charge in [0.1, 0.15) is 17.6 Å². The van der Waals surface area contributed by atoms with E-state index in [4.69, 9.17) is 4.42 Å². The number of carbonyl (C=O) groups is 1. The van der Waals surface area contributed by atoms with Crippen LogP contribution in [0.15, 0.2) is 28.8 Å².